The highest BCUT2D eigenvalue weighted by Gasteiger charge is 2.20. The zero-order chi connectivity index (χ0) is 22.8. The van der Waals surface area contributed by atoms with Gasteiger partial charge < -0.3 is 9.15 Å². The summed E-state index contributed by atoms with van der Waals surface area (Å²) in [6.07, 6.45) is 1.53. The Balaban J connectivity index is 1.69. The Morgan fingerprint density at radius 2 is 2.00 bits per heavy atom. The second-order valence-electron chi connectivity index (χ2n) is 7.15. The lowest BCUT2D eigenvalue weighted by Gasteiger charge is -2.04. The van der Waals surface area contributed by atoms with Gasteiger partial charge in [0.1, 0.15) is 22.1 Å². The van der Waals surface area contributed by atoms with Gasteiger partial charge in [-0.05, 0) is 50.6 Å². The first-order valence-electron chi connectivity index (χ1n) is 9.97. The van der Waals surface area contributed by atoms with E-state index < -0.39 is 10.9 Å². The second kappa shape index (κ2) is 8.76. The summed E-state index contributed by atoms with van der Waals surface area (Å²) < 4.78 is 12.0. The largest absolute Gasteiger partial charge is 0.462 e. The van der Waals surface area contributed by atoms with Crippen molar-refractivity contribution in [3.8, 4) is 11.3 Å². The summed E-state index contributed by atoms with van der Waals surface area (Å²) in [5.74, 6) is 0.549. The average molecular weight is 449 g/mol. The molecule has 0 spiro atoms. The molecule has 0 aliphatic heterocycles. The molecular formula is C24H20N2O5S. The molecule has 0 amide bonds. The number of carbonyl (C=O) groups excluding carboxylic acids is 1. The van der Waals surface area contributed by atoms with E-state index in [2.05, 4.69) is 4.99 Å². The number of hydrogen-bond donors (Lipinski definition) is 0. The Morgan fingerprint density at radius 3 is 2.75 bits per heavy atom. The Labute approximate surface area is 188 Å². The van der Waals surface area contributed by atoms with Gasteiger partial charge in [-0.15, -0.1) is 11.3 Å². The quantitative estimate of drug-likeness (QED) is 0.143. The van der Waals surface area contributed by atoms with E-state index in [4.69, 9.17) is 9.15 Å². The van der Waals surface area contributed by atoms with Crippen LogP contribution in [0.4, 0.5) is 10.7 Å². The number of nitro benzene ring substituents is 1. The minimum atomic E-state index is -0.417. The molecule has 32 heavy (non-hydrogen) atoms. The molecule has 162 valence electrons. The van der Waals surface area contributed by atoms with Crippen molar-refractivity contribution in [1.29, 1.82) is 0 Å². The van der Waals surface area contributed by atoms with Crippen molar-refractivity contribution in [2.45, 2.75) is 20.8 Å². The van der Waals surface area contributed by atoms with Gasteiger partial charge in [0.15, 0.2) is 0 Å². The zero-order valence-electron chi connectivity index (χ0n) is 17.7. The summed E-state index contributed by atoms with van der Waals surface area (Å²) in [6.45, 7) is 5.59. The number of esters is 1. The van der Waals surface area contributed by atoms with Crippen LogP contribution in [0, 0.1) is 24.0 Å². The number of benzene rings is 2. The fourth-order valence-corrected chi connectivity index (χ4v) is 4.43. The average Bonchev–Trinajstić information content (AvgIpc) is 3.38. The molecule has 0 radical (unpaired) electrons. The maximum atomic E-state index is 12.5. The zero-order valence-corrected chi connectivity index (χ0v) is 18.6. The van der Waals surface area contributed by atoms with Crippen LogP contribution < -0.4 is 0 Å². The van der Waals surface area contributed by atoms with Crippen molar-refractivity contribution in [3.63, 3.8) is 0 Å². The van der Waals surface area contributed by atoms with E-state index in [9.17, 15) is 14.9 Å². The summed E-state index contributed by atoms with van der Waals surface area (Å²) in [5, 5.41) is 12.7. The van der Waals surface area contributed by atoms with Crippen molar-refractivity contribution >= 4 is 44.3 Å². The van der Waals surface area contributed by atoms with Crippen molar-refractivity contribution in [2.75, 3.05) is 6.61 Å². The Hall–Kier alpha value is -3.78. The highest BCUT2D eigenvalue weighted by molar-refractivity contribution is 7.23. The van der Waals surface area contributed by atoms with Crippen LogP contribution in [0.5, 0.6) is 0 Å². The van der Waals surface area contributed by atoms with E-state index in [1.807, 2.05) is 37.3 Å². The van der Waals surface area contributed by atoms with Gasteiger partial charge in [-0.2, -0.15) is 0 Å². The predicted octanol–water partition coefficient (Wildman–Crippen LogP) is 6.61. The Morgan fingerprint density at radius 1 is 1.22 bits per heavy atom. The Kier molecular flexibility index (Phi) is 5.87. The standard InChI is InChI=1S/C24H20N2O5S/c1-4-30-24(27)22-18-7-5-6-8-21(18)32-23(22)25-13-17-9-10-20(31-17)16-11-14(2)15(3)19(12-16)26(28)29/h5-13H,4H2,1-3H3. The maximum Gasteiger partial charge on any atom is 0.341 e. The van der Waals surface area contributed by atoms with Crippen LogP contribution in [-0.4, -0.2) is 23.7 Å². The second-order valence-corrected chi connectivity index (χ2v) is 8.18. The number of carbonyl (C=O) groups is 1. The molecule has 0 aliphatic carbocycles. The summed E-state index contributed by atoms with van der Waals surface area (Å²) in [4.78, 5) is 28.0. The third-order valence-electron chi connectivity index (χ3n) is 5.11. The van der Waals surface area contributed by atoms with Gasteiger partial charge >= 0.3 is 5.97 Å². The summed E-state index contributed by atoms with van der Waals surface area (Å²) in [7, 11) is 0. The van der Waals surface area contributed by atoms with E-state index in [-0.39, 0.29) is 12.3 Å². The lowest BCUT2D eigenvalue weighted by atomic mass is 10.0. The van der Waals surface area contributed by atoms with Crippen molar-refractivity contribution in [1.82, 2.24) is 0 Å². The van der Waals surface area contributed by atoms with Crippen LogP contribution in [0.25, 0.3) is 21.4 Å². The number of aliphatic imine (C=N–C) groups is 1. The number of thiophene rings is 1. The first-order valence-corrected chi connectivity index (χ1v) is 10.8. The van der Waals surface area contributed by atoms with Gasteiger partial charge in [-0.3, -0.25) is 10.1 Å². The molecule has 0 atom stereocenters. The van der Waals surface area contributed by atoms with Crippen molar-refractivity contribution in [2.24, 2.45) is 4.99 Å². The number of rotatable bonds is 6. The maximum absolute atomic E-state index is 12.5. The fraction of sp³-hybridized carbons (Fsp3) is 0.167. The molecule has 4 rings (SSSR count). The smallest absolute Gasteiger partial charge is 0.341 e. The molecule has 0 fully saturated rings. The fourth-order valence-electron chi connectivity index (χ4n) is 3.40. The molecule has 0 N–H and O–H groups in total. The normalized spacial score (nSPS) is 11.3. The highest BCUT2D eigenvalue weighted by atomic mass is 32.1. The number of aryl methyl sites for hydroxylation is 1. The van der Waals surface area contributed by atoms with E-state index in [1.165, 1.54) is 23.6 Å². The monoisotopic (exact) mass is 448 g/mol. The van der Waals surface area contributed by atoms with E-state index in [0.717, 1.165) is 15.6 Å². The van der Waals surface area contributed by atoms with Gasteiger partial charge in [-0.25, -0.2) is 9.79 Å². The van der Waals surface area contributed by atoms with Crippen molar-refractivity contribution in [3.05, 3.63) is 81.1 Å². The topological polar surface area (TPSA) is 94.9 Å². The molecule has 0 bridgehead atoms. The molecule has 4 aromatic rings. The number of hydrogen-bond acceptors (Lipinski definition) is 7. The van der Waals surface area contributed by atoms with E-state index >= 15 is 0 Å². The van der Waals surface area contributed by atoms with Gasteiger partial charge in [0.05, 0.1) is 17.7 Å². The van der Waals surface area contributed by atoms with Gasteiger partial charge in [0.25, 0.3) is 5.69 Å². The third kappa shape index (κ3) is 4.04. The Bertz CT molecular complexity index is 1370. The SMILES string of the molecule is CCOC(=O)c1c(N=Cc2ccc(-c3cc(C)c(C)c([N+](=O)[O-])c3)o2)sc2ccccc12. The van der Waals surface area contributed by atoms with Crippen LogP contribution in [-0.2, 0) is 4.74 Å². The number of nitro groups is 1. The molecule has 0 saturated carbocycles. The molecule has 2 aromatic carbocycles. The van der Waals surface area contributed by atoms with Gasteiger partial charge in [-0.1, -0.05) is 18.2 Å². The summed E-state index contributed by atoms with van der Waals surface area (Å²) >= 11 is 1.39. The minimum absolute atomic E-state index is 0.0518. The number of furan rings is 1. The third-order valence-corrected chi connectivity index (χ3v) is 6.19. The molecule has 0 aliphatic rings. The van der Waals surface area contributed by atoms with Crippen molar-refractivity contribution < 1.29 is 18.9 Å². The molecule has 0 unspecified atom stereocenters. The summed E-state index contributed by atoms with van der Waals surface area (Å²) in [6, 6.07) is 14.4. The molecule has 8 heteroatoms. The number of fused-ring (bicyclic) bond motifs is 1. The number of ether oxygens (including phenoxy) is 1. The first kappa shape index (κ1) is 21.5. The summed E-state index contributed by atoms with van der Waals surface area (Å²) in [5.41, 5.74) is 2.54. The van der Waals surface area contributed by atoms with Crippen LogP contribution in [0.1, 0.15) is 34.2 Å². The molecular weight excluding hydrogens is 428 g/mol. The van der Waals surface area contributed by atoms with E-state index in [0.29, 0.717) is 33.2 Å². The first-order chi connectivity index (χ1) is 15.4. The van der Waals surface area contributed by atoms with Crippen LogP contribution in [0.15, 0.2) is 57.9 Å². The van der Waals surface area contributed by atoms with Crippen LogP contribution >= 0.6 is 11.3 Å². The molecule has 7 nitrogen and oxygen atoms in total. The predicted molar refractivity (Wildman–Crippen MR) is 125 cm³/mol. The van der Waals surface area contributed by atoms with Gasteiger partial charge in [0, 0.05) is 27.3 Å². The van der Waals surface area contributed by atoms with Crippen LogP contribution in [0.2, 0.25) is 0 Å². The van der Waals surface area contributed by atoms with Gasteiger partial charge in [0.2, 0.25) is 0 Å². The lowest BCUT2D eigenvalue weighted by molar-refractivity contribution is -0.385. The molecule has 2 heterocycles. The van der Waals surface area contributed by atoms with E-state index in [1.54, 1.807) is 26.0 Å². The lowest BCUT2D eigenvalue weighted by Crippen LogP contribution is -2.03. The highest BCUT2D eigenvalue weighted by Crippen LogP contribution is 2.38. The number of nitrogens with zero attached hydrogens (tertiary/aromatic N) is 2. The molecule has 2 aromatic heterocycles. The molecule has 0 saturated heterocycles. The van der Waals surface area contributed by atoms with Crippen LogP contribution in [0.3, 0.4) is 0 Å². The minimum Gasteiger partial charge on any atom is -0.462 e.